The topological polar surface area (TPSA) is 58.4 Å². The molecule has 0 aliphatic carbocycles. The van der Waals surface area contributed by atoms with Gasteiger partial charge in [0.1, 0.15) is 6.04 Å². The first kappa shape index (κ1) is 11.0. The Hall–Kier alpha value is -1.55. The second kappa shape index (κ2) is 3.79. The maximum absolute atomic E-state index is 11.8. The molecule has 0 radical (unpaired) electrons. The summed E-state index contributed by atoms with van der Waals surface area (Å²) in [6, 6.07) is 3.83. The molecule has 1 unspecified atom stereocenters. The van der Waals surface area contributed by atoms with Crippen LogP contribution in [0.4, 0.5) is 11.4 Å². The molecule has 4 heteroatoms. The Balaban J connectivity index is 2.51. The molecule has 16 heavy (non-hydrogen) atoms. The molecule has 1 aromatic carbocycles. The summed E-state index contributed by atoms with van der Waals surface area (Å²) in [6.07, 6.45) is 0. The van der Waals surface area contributed by atoms with Gasteiger partial charge in [-0.3, -0.25) is 4.79 Å². The number of hydrogen-bond donors (Lipinski definition) is 2. The largest absolute Gasteiger partial charge is 0.360 e. The summed E-state index contributed by atoms with van der Waals surface area (Å²) in [5.74, 6) is -0.0271. The first-order valence-corrected chi connectivity index (χ1v) is 5.39. The second-order valence-corrected chi connectivity index (χ2v) is 4.31. The van der Waals surface area contributed by atoms with Gasteiger partial charge >= 0.3 is 0 Å². The zero-order chi connectivity index (χ0) is 11.9. The molecule has 0 bridgehead atoms. The van der Waals surface area contributed by atoms with Crippen LogP contribution >= 0.6 is 0 Å². The van der Waals surface area contributed by atoms with E-state index in [4.69, 9.17) is 5.73 Å². The predicted octanol–water partition coefficient (Wildman–Crippen LogP) is 1.02. The number of amides is 1. The lowest BCUT2D eigenvalue weighted by Crippen LogP contribution is -2.50. The summed E-state index contributed by atoms with van der Waals surface area (Å²) >= 11 is 0. The van der Waals surface area contributed by atoms with Crippen LogP contribution in [0.1, 0.15) is 11.1 Å². The van der Waals surface area contributed by atoms with Crippen molar-refractivity contribution in [3.63, 3.8) is 0 Å². The van der Waals surface area contributed by atoms with Gasteiger partial charge in [0.05, 0.1) is 11.4 Å². The summed E-state index contributed by atoms with van der Waals surface area (Å²) in [7, 11) is 1.91. The number of fused-ring (bicyclic) bond motifs is 1. The van der Waals surface area contributed by atoms with E-state index in [-0.39, 0.29) is 11.9 Å². The molecule has 0 aromatic heterocycles. The van der Waals surface area contributed by atoms with Crippen LogP contribution < -0.4 is 16.0 Å². The number of rotatable bonds is 1. The van der Waals surface area contributed by atoms with Gasteiger partial charge in [-0.2, -0.15) is 0 Å². The zero-order valence-electron chi connectivity index (χ0n) is 9.87. The lowest BCUT2D eigenvalue weighted by molar-refractivity contribution is -0.117. The third-order valence-electron chi connectivity index (χ3n) is 3.24. The molecule has 1 atom stereocenters. The van der Waals surface area contributed by atoms with Crippen LogP contribution in [0.3, 0.4) is 0 Å². The molecule has 0 saturated heterocycles. The second-order valence-electron chi connectivity index (χ2n) is 4.31. The number of nitrogens with one attached hydrogen (secondary N) is 1. The Morgan fingerprint density at radius 3 is 2.62 bits per heavy atom. The lowest BCUT2D eigenvalue weighted by Gasteiger charge is -2.35. The lowest BCUT2D eigenvalue weighted by atomic mass is 10.0. The molecule has 3 N–H and O–H groups in total. The zero-order valence-corrected chi connectivity index (χ0v) is 9.87. The van der Waals surface area contributed by atoms with Crippen molar-refractivity contribution in [2.24, 2.45) is 5.73 Å². The first-order chi connectivity index (χ1) is 7.54. The Morgan fingerprint density at radius 2 is 2.00 bits per heavy atom. The summed E-state index contributed by atoms with van der Waals surface area (Å²) < 4.78 is 0. The van der Waals surface area contributed by atoms with E-state index in [1.54, 1.807) is 0 Å². The molecule has 1 aromatic rings. The number of anilines is 2. The van der Waals surface area contributed by atoms with Crippen molar-refractivity contribution in [3.05, 3.63) is 23.3 Å². The van der Waals surface area contributed by atoms with Crippen molar-refractivity contribution in [2.75, 3.05) is 23.8 Å². The van der Waals surface area contributed by atoms with Crippen molar-refractivity contribution in [3.8, 4) is 0 Å². The Kier molecular flexibility index (Phi) is 2.59. The number of benzene rings is 1. The highest BCUT2D eigenvalue weighted by Crippen LogP contribution is 2.33. The van der Waals surface area contributed by atoms with Gasteiger partial charge in [0, 0.05) is 13.6 Å². The van der Waals surface area contributed by atoms with Crippen molar-refractivity contribution < 1.29 is 4.79 Å². The van der Waals surface area contributed by atoms with E-state index in [0.29, 0.717) is 6.54 Å². The Labute approximate surface area is 95.4 Å². The fourth-order valence-electron chi connectivity index (χ4n) is 2.02. The van der Waals surface area contributed by atoms with Gasteiger partial charge in [0.2, 0.25) is 5.91 Å². The van der Waals surface area contributed by atoms with Gasteiger partial charge in [-0.05, 0) is 37.1 Å². The van der Waals surface area contributed by atoms with E-state index in [1.807, 2.05) is 24.9 Å². The number of aryl methyl sites for hydroxylation is 2. The maximum atomic E-state index is 11.8. The number of hydrogen-bond acceptors (Lipinski definition) is 3. The number of nitrogens with zero attached hydrogens (tertiary/aromatic N) is 1. The van der Waals surface area contributed by atoms with Gasteiger partial charge in [-0.1, -0.05) is 0 Å². The Morgan fingerprint density at radius 1 is 1.38 bits per heavy atom. The minimum atomic E-state index is -0.269. The van der Waals surface area contributed by atoms with Gasteiger partial charge in [-0.25, -0.2) is 0 Å². The maximum Gasteiger partial charge on any atom is 0.248 e. The van der Waals surface area contributed by atoms with E-state index >= 15 is 0 Å². The third kappa shape index (κ3) is 1.55. The quantitative estimate of drug-likeness (QED) is 0.741. The van der Waals surface area contributed by atoms with Gasteiger partial charge < -0.3 is 16.0 Å². The molecule has 1 heterocycles. The van der Waals surface area contributed by atoms with Crippen molar-refractivity contribution >= 4 is 17.3 Å². The van der Waals surface area contributed by atoms with Crippen LogP contribution in [0.15, 0.2) is 12.1 Å². The smallest absolute Gasteiger partial charge is 0.248 e. The first-order valence-electron chi connectivity index (χ1n) is 5.39. The monoisotopic (exact) mass is 219 g/mol. The minimum Gasteiger partial charge on any atom is -0.360 e. The number of nitrogens with two attached hydrogens (primary N) is 1. The fraction of sp³-hybridized carbons (Fsp3) is 0.417. The van der Waals surface area contributed by atoms with Crippen LogP contribution in [0.5, 0.6) is 0 Å². The van der Waals surface area contributed by atoms with Gasteiger partial charge in [-0.15, -0.1) is 0 Å². The van der Waals surface area contributed by atoms with E-state index in [0.717, 1.165) is 11.4 Å². The van der Waals surface area contributed by atoms with E-state index < -0.39 is 0 Å². The molecule has 2 rings (SSSR count). The number of likely N-dealkylation sites (N-methyl/N-ethyl adjacent to an activating group) is 1. The summed E-state index contributed by atoms with van der Waals surface area (Å²) in [6.45, 7) is 4.43. The normalized spacial score (nSPS) is 19.4. The highest BCUT2D eigenvalue weighted by Gasteiger charge is 2.29. The van der Waals surface area contributed by atoms with Crippen LogP contribution in [0.25, 0.3) is 0 Å². The molecule has 86 valence electrons. The highest BCUT2D eigenvalue weighted by atomic mass is 16.2. The molecule has 1 amide bonds. The van der Waals surface area contributed by atoms with Crippen molar-refractivity contribution in [2.45, 2.75) is 19.9 Å². The standard InChI is InChI=1S/C12H17N3O/c1-7-4-9-10(5-8(7)2)15(3)11(6-13)12(16)14-9/h4-5,11H,6,13H2,1-3H3,(H,14,16). The SMILES string of the molecule is Cc1cc2c(cc1C)N(C)C(CN)C(=O)N2. The van der Waals surface area contributed by atoms with Gasteiger partial charge in [0.25, 0.3) is 0 Å². The highest BCUT2D eigenvalue weighted by molar-refractivity contribution is 6.03. The molecule has 1 aliphatic rings. The van der Waals surface area contributed by atoms with Crippen LogP contribution in [-0.4, -0.2) is 25.5 Å². The van der Waals surface area contributed by atoms with Crippen molar-refractivity contribution in [1.82, 2.24) is 0 Å². The van der Waals surface area contributed by atoms with Crippen LogP contribution in [-0.2, 0) is 4.79 Å². The summed E-state index contributed by atoms with van der Waals surface area (Å²) in [5, 5.41) is 2.90. The molecule has 0 saturated carbocycles. The average Bonchev–Trinajstić information content (AvgIpc) is 2.22. The summed E-state index contributed by atoms with van der Waals surface area (Å²) in [5.41, 5.74) is 9.92. The van der Waals surface area contributed by atoms with Gasteiger partial charge in [0.15, 0.2) is 0 Å². The van der Waals surface area contributed by atoms with E-state index in [9.17, 15) is 4.79 Å². The fourth-order valence-corrected chi connectivity index (χ4v) is 2.02. The number of carbonyl (C=O) groups excluding carboxylic acids is 1. The van der Waals surface area contributed by atoms with Crippen LogP contribution in [0, 0.1) is 13.8 Å². The number of carbonyl (C=O) groups is 1. The molecule has 4 nitrogen and oxygen atoms in total. The minimum absolute atomic E-state index is 0.0271. The van der Waals surface area contributed by atoms with E-state index in [1.165, 1.54) is 11.1 Å². The van der Waals surface area contributed by atoms with Crippen molar-refractivity contribution in [1.29, 1.82) is 0 Å². The summed E-state index contributed by atoms with van der Waals surface area (Å²) in [4.78, 5) is 13.7. The molecular formula is C12H17N3O. The van der Waals surface area contributed by atoms with Crippen LogP contribution in [0.2, 0.25) is 0 Å². The molecular weight excluding hydrogens is 202 g/mol. The Bertz CT molecular complexity index is 442. The third-order valence-corrected chi connectivity index (χ3v) is 3.24. The predicted molar refractivity (Wildman–Crippen MR) is 65.8 cm³/mol. The average molecular weight is 219 g/mol. The molecule has 1 aliphatic heterocycles. The molecule has 0 fully saturated rings. The molecule has 0 spiro atoms. The van der Waals surface area contributed by atoms with E-state index in [2.05, 4.69) is 18.3 Å².